The molecule has 0 bridgehead atoms. The van der Waals surface area contributed by atoms with E-state index in [1.807, 2.05) is 30.3 Å². The minimum absolute atomic E-state index is 0.244. The molecule has 0 fully saturated rings. The Balaban J connectivity index is 1.93. The number of halogens is 1. The van der Waals surface area contributed by atoms with Gasteiger partial charge in [0.25, 0.3) is 0 Å². The highest BCUT2D eigenvalue weighted by atomic mass is 19.1. The lowest BCUT2D eigenvalue weighted by Crippen LogP contribution is -2.13. The van der Waals surface area contributed by atoms with E-state index in [1.54, 1.807) is 12.1 Å². The summed E-state index contributed by atoms with van der Waals surface area (Å²) in [7, 11) is 0. The predicted octanol–water partition coefficient (Wildman–Crippen LogP) is 2.97. The average Bonchev–Trinajstić information content (AvgIpc) is 2.33. The molecule has 0 spiro atoms. The Kier molecular flexibility index (Phi) is 3.89. The zero-order chi connectivity index (χ0) is 12.1. The molecule has 0 radical (unpaired) electrons. The van der Waals surface area contributed by atoms with Crippen molar-refractivity contribution in [3.63, 3.8) is 0 Å². The van der Waals surface area contributed by atoms with Gasteiger partial charge in [0.1, 0.15) is 5.82 Å². The predicted molar refractivity (Wildman–Crippen MR) is 66.3 cm³/mol. The molecule has 0 aliphatic heterocycles. The van der Waals surface area contributed by atoms with E-state index >= 15 is 0 Å². The number of benzene rings is 2. The third kappa shape index (κ3) is 3.68. The molecule has 0 saturated carbocycles. The molecule has 1 N–H and O–H groups in total. The van der Waals surface area contributed by atoms with Crippen LogP contribution in [0.25, 0.3) is 0 Å². The fraction of sp³-hybridized carbons (Fsp3) is 0.200. The van der Waals surface area contributed by atoms with Crippen LogP contribution >= 0.6 is 0 Å². The van der Waals surface area contributed by atoms with Gasteiger partial charge in [-0.2, -0.15) is 0 Å². The first-order valence-electron chi connectivity index (χ1n) is 5.70. The molecule has 2 heteroatoms. The first kappa shape index (κ1) is 11.8. The van der Waals surface area contributed by atoms with Crippen molar-refractivity contribution < 1.29 is 9.50 Å². The third-order valence-electron chi connectivity index (χ3n) is 2.70. The molecule has 1 nitrogen and oxygen atoms in total. The highest BCUT2D eigenvalue weighted by Gasteiger charge is 2.06. The fourth-order valence-corrected chi connectivity index (χ4v) is 1.85. The van der Waals surface area contributed by atoms with E-state index in [9.17, 15) is 9.50 Å². The molecule has 1 unspecified atom stereocenters. The van der Waals surface area contributed by atoms with E-state index in [-0.39, 0.29) is 5.82 Å². The summed E-state index contributed by atoms with van der Waals surface area (Å²) in [6.45, 7) is 0. The van der Waals surface area contributed by atoms with Crippen LogP contribution in [0.2, 0.25) is 0 Å². The van der Waals surface area contributed by atoms with Crippen LogP contribution in [0.1, 0.15) is 11.1 Å². The van der Waals surface area contributed by atoms with Gasteiger partial charge in [-0.05, 0) is 36.1 Å². The number of aliphatic hydroxyl groups excluding tert-OH is 1. The molecule has 2 aromatic rings. The largest absolute Gasteiger partial charge is 0.392 e. The minimum atomic E-state index is -0.428. The van der Waals surface area contributed by atoms with Crippen molar-refractivity contribution in [1.29, 1.82) is 0 Å². The van der Waals surface area contributed by atoms with Crippen molar-refractivity contribution >= 4 is 0 Å². The van der Waals surface area contributed by atoms with Gasteiger partial charge in [-0.25, -0.2) is 4.39 Å². The maximum absolute atomic E-state index is 12.7. The van der Waals surface area contributed by atoms with Crippen molar-refractivity contribution in [3.05, 3.63) is 71.5 Å². The first-order valence-corrected chi connectivity index (χ1v) is 5.70. The Morgan fingerprint density at radius 1 is 0.824 bits per heavy atom. The van der Waals surface area contributed by atoms with Gasteiger partial charge < -0.3 is 5.11 Å². The smallest absolute Gasteiger partial charge is 0.123 e. The summed E-state index contributed by atoms with van der Waals surface area (Å²) in [5.41, 5.74) is 2.07. The zero-order valence-electron chi connectivity index (χ0n) is 9.51. The van der Waals surface area contributed by atoms with E-state index < -0.39 is 6.10 Å². The van der Waals surface area contributed by atoms with Crippen LogP contribution in [-0.4, -0.2) is 11.2 Å². The second-order valence-corrected chi connectivity index (χ2v) is 4.17. The first-order chi connectivity index (χ1) is 8.24. The van der Waals surface area contributed by atoms with Gasteiger partial charge in [0.2, 0.25) is 0 Å². The van der Waals surface area contributed by atoms with Crippen LogP contribution in [0.15, 0.2) is 54.6 Å². The Bertz CT molecular complexity index is 450. The van der Waals surface area contributed by atoms with Gasteiger partial charge >= 0.3 is 0 Å². The van der Waals surface area contributed by atoms with Crippen molar-refractivity contribution in [1.82, 2.24) is 0 Å². The molecule has 0 aliphatic rings. The fourth-order valence-electron chi connectivity index (χ4n) is 1.85. The van der Waals surface area contributed by atoms with Gasteiger partial charge in [-0.1, -0.05) is 42.5 Å². The molecular formula is C15H15FO. The van der Waals surface area contributed by atoms with Gasteiger partial charge in [-0.3, -0.25) is 0 Å². The maximum atomic E-state index is 12.7. The van der Waals surface area contributed by atoms with Crippen LogP contribution in [0.5, 0.6) is 0 Å². The molecule has 0 heterocycles. The van der Waals surface area contributed by atoms with Gasteiger partial charge in [-0.15, -0.1) is 0 Å². The zero-order valence-corrected chi connectivity index (χ0v) is 9.51. The summed E-state index contributed by atoms with van der Waals surface area (Å²) in [4.78, 5) is 0. The number of aliphatic hydroxyl groups is 1. The van der Waals surface area contributed by atoms with Crippen LogP contribution in [0.4, 0.5) is 4.39 Å². The standard InChI is InChI=1S/C15H15FO/c16-14-8-6-13(7-9-14)11-15(17)10-12-4-2-1-3-5-12/h1-9,15,17H,10-11H2. The van der Waals surface area contributed by atoms with Crippen molar-refractivity contribution in [2.75, 3.05) is 0 Å². The van der Waals surface area contributed by atoms with E-state index in [0.717, 1.165) is 11.1 Å². The van der Waals surface area contributed by atoms with Crippen molar-refractivity contribution in [2.45, 2.75) is 18.9 Å². The molecule has 88 valence electrons. The van der Waals surface area contributed by atoms with Crippen molar-refractivity contribution in [2.24, 2.45) is 0 Å². The van der Waals surface area contributed by atoms with Crippen molar-refractivity contribution in [3.8, 4) is 0 Å². The summed E-state index contributed by atoms with van der Waals surface area (Å²) < 4.78 is 12.7. The third-order valence-corrected chi connectivity index (χ3v) is 2.70. The monoisotopic (exact) mass is 230 g/mol. The summed E-state index contributed by atoms with van der Waals surface area (Å²) in [5.74, 6) is -0.244. The summed E-state index contributed by atoms with van der Waals surface area (Å²) in [6.07, 6.45) is 0.746. The maximum Gasteiger partial charge on any atom is 0.123 e. The average molecular weight is 230 g/mol. The number of hydrogen-bond donors (Lipinski definition) is 1. The van der Waals surface area contributed by atoms with Gasteiger partial charge in [0, 0.05) is 0 Å². The second kappa shape index (κ2) is 5.60. The van der Waals surface area contributed by atoms with Crippen LogP contribution < -0.4 is 0 Å². The second-order valence-electron chi connectivity index (χ2n) is 4.17. The summed E-state index contributed by atoms with van der Waals surface area (Å²) >= 11 is 0. The molecule has 2 rings (SSSR count). The van der Waals surface area contributed by atoms with E-state index in [2.05, 4.69) is 0 Å². The SMILES string of the molecule is OC(Cc1ccccc1)Cc1ccc(F)cc1. The van der Waals surface area contributed by atoms with E-state index in [4.69, 9.17) is 0 Å². The Morgan fingerprint density at radius 2 is 1.35 bits per heavy atom. The quantitative estimate of drug-likeness (QED) is 0.856. The Hall–Kier alpha value is -1.67. The summed E-state index contributed by atoms with van der Waals surface area (Å²) in [6, 6.07) is 16.1. The molecule has 0 aromatic heterocycles. The van der Waals surface area contributed by atoms with Gasteiger partial charge in [0.05, 0.1) is 6.10 Å². The molecule has 0 saturated heterocycles. The lowest BCUT2D eigenvalue weighted by molar-refractivity contribution is 0.175. The molecular weight excluding hydrogens is 215 g/mol. The topological polar surface area (TPSA) is 20.2 Å². The highest BCUT2D eigenvalue weighted by molar-refractivity contribution is 5.19. The number of hydrogen-bond acceptors (Lipinski definition) is 1. The van der Waals surface area contributed by atoms with Crippen LogP contribution in [0.3, 0.4) is 0 Å². The number of rotatable bonds is 4. The minimum Gasteiger partial charge on any atom is -0.392 e. The van der Waals surface area contributed by atoms with Gasteiger partial charge in [0.15, 0.2) is 0 Å². The molecule has 1 atom stereocenters. The van der Waals surface area contributed by atoms with Crippen LogP contribution in [0, 0.1) is 5.82 Å². The highest BCUT2D eigenvalue weighted by Crippen LogP contribution is 2.10. The molecule has 0 aliphatic carbocycles. The summed E-state index contributed by atoms with van der Waals surface area (Å²) in [5, 5.41) is 9.93. The van der Waals surface area contributed by atoms with Crippen LogP contribution in [-0.2, 0) is 12.8 Å². The van der Waals surface area contributed by atoms with E-state index in [1.165, 1.54) is 12.1 Å². The lowest BCUT2D eigenvalue weighted by Gasteiger charge is -2.10. The normalized spacial score (nSPS) is 12.4. The Labute approximate surface area is 101 Å². The Morgan fingerprint density at radius 3 is 1.94 bits per heavy atom. The van der Waals surface area contributed by atoms with E-state index in [0.29, 0.717) is 12.8 Å². The molecule has 17 heavy (non-hydrogen) atoms. The molecule has 2 aromatic carbocycles. The lowest BCUT2D eigenvalue weighted by atomic mass is 10.0. The molecule has 0 amide bonds.